The molecule has 0 amide bonds. The Morgan fingerprint density at radius 2 is 1.43 bits per heavy atom. The van der Waals surface area contributed by atoms with Crippen LogP contribution in [-0.2, 0) is 0 Å². The van der Waals surface area contributed by atoms with Crippen molar-refractivity contribution in [2.45, 2.75) is 11.3 Å². The third kappa shape index (κ3) is 2.85. The van der Waals surface area contributed by atoms with E-state index in [9.17, 15) is 17.6 Å². The molecule has 0 saturated heterocycles. The van der Waals surface area contributed by atoms with Gasteiger partial charge in [0.05, 0.1) is 0 Å². The van der Waals surface area contributed by atoms with Gasteiger partial charge >= 0.3 is 6.18 Å². The normalized spacial score (nSPS) is 16.7. The van der Waals surface area contributed by atoms with Crippen LogP contribution in [0.2, 0.25) is 0 Å². The van der Waals surface area contributed by atoms with Crippen molar-refractivity contribution in [3.63, 3.8) is 0 Å². The molecule has 1 atom stereocenters. The van der Waals surface area contributed by atoms with Gasteiger partial charge in [-0.1, -0.05) is 0 Å². The van der Waals surface area contributed by atoms with Gasteiger partial charge in [0, 0.05) is 0 Å². The predicted octanol–water partition coefficient (Wildman–Crippen LogP) is 2.24. The van der Waals surface area contributed by atoms with Crippen molar-refractivity contribution in [1.29, 1.82) is 0 Å². The lowest BCUT2D eigenvalue weighted by molar-refractivity contribution is -0.151. The summed E-state index contributed by atoms with van der Waals surface area (Å²) >= 11 is 1.70. The van der Waals surface area contributed by atoms with Gasteiger partial charge in [-0.15, -0.1) is 0 Å². The highest BCUT2D eigenvalue weighted by Gasteiger charge is 2.37. The minimum absolute atomic E-state index is 1.70. The van der Waals surface area contributed by atoms with Gasteiger partial charge in [0.25, 0.3) is 0 Å². The van der Waals surface area contributed by atoms with Gasteiger partial charge in [-0.2, -0.15) is 13.2 Å². The van der Waals surface area contributed by atoms with Gasteiger partial charge in [0.1, 0.15) is 0 Å². The van der Waals surface area contributed by atoms with Gasteiger partial charge in [-0.05, 0) is 15.9 Å². The van der Waals surface area contributed by atoms with Crippen molar-refractivity contribution in [1.82, 2.24) is 0 Å². The number of rotatable bonds is 0. The number of hydrogen-bond acceptors (Lipinski definition) is 0. The highest BCUT2D eigenvalue weighted by atomic mass is 79.9. The molecule has 7 heavy (non-hydrogen) atoms. The molecule has 0 aliphatic heterocycles. The molecule has 0 nitrogen and oxygen atoms in total. The Labute approximate surface area is 45.6 Å². The van der Waals surface area contributed by atoms with Crippen LogP contribution in [0.15, 0.2) is 0 Å². The first kappa shape index (κ1) is 7.20. The van der Waals surface area contributed by atoms with Gasteiger partial charge in [-0.25, -0.2) is 4.39 Å². The third-order valence-electron chi connectivity index (χ3n) is 0.247. The summed E-state index contributed by atoms with van der Waals surface area (Å²) in [4.78, 5) is 0. The molecule has 0 fully saturated rings. The first-order valence-electron chi connectivity index (χ1n) is 1.29. The van der Waals surface area contributed by atoms with Crippen LogP contribution in [0, 0.1) is 0 Å². The second kappa shape index (κ2) is 1.98. The highest BCUT2D eigenvalue weighted by Crippen LogP contribution is 2.26. The van der Waals surface area contributed by atoms with E-state index in [1.165, 1.54) is 0 Å². The zero-order chi connectivity index (χ0) is 6.08. The Morgan fingerprint density at radius 1 is 1.29 bits per heavy atom. The molecule has 0 aromatic heterocycles. The fraction of sp³-hybridized carbons (Fsp3) is 1.00. The highest BCUT2D eigenvalue weighted by molar-refractivity contribution is 9.09. The molecule has 0 radical (unpaired) electrons. The zero-order valence-corrected chi connectivity index (χ0v) is 4.55. The minimum Gasteiger partial charge on any atom is -0.225 e. The van der Waals surface area contributed by atoms with Crippen molar-refractivity contribution < 1.29 is 17.6 Å². The average Bonchev–Trinajstić information content (AvgIpc) is 1.31. The van der Waals surface area contributed by atoms with Gasteiger partial charge < -0.3 is 0 Å². The summed E-state index contributed by atoms with van der Waals surface area (Å²) in [5.41, 5.74) is 0. The molecular formula is C2HBrF4. The van der Waals surface area contributed by atoms with Crippen molar-refractivity contribution in [2.75, 3.05) is 0 Å². The maximum atomic E-state index is 11.0. The molecule has 0 aliphatic rings. The summed E-state index contributed by atoms with van der Waals surface area (Å²) in [5.74, 6) is 0. The predicted molar refractivity (Wildman–Crippen MR) is 19.9 cm³/mol. The number of hydrogen-bond donors (Lipinski definition) is 0. The molecule has 0 N–H and O–H groups in total. The van der Waals surface area contributed by atoms with Crippen molar-refractivity contribution >= 4 is 15.9 Å². The molecule has 0 unspecified atom stereocenters. The molecule has 0 saturated carbocycles. The molecule has 44 valence electrons. The van der Waals surface area contributed by atoms with Crippen LogP contribution in [0.25, 0.3) is 0 Å². The minimum atomic E-state index is -4.75. The van der Waals surface area contributed by atoms with E-state index in [1.807, 2.05) is 0 Å². The van der Waals surface area contributed by atoms with Crippen molar-refractivity contribution in [3.05, 3.63) is 0 Å². The lowest BCUT2D eigenvalue weighted by atomic mass is 10.8. The van der Waals surface area contributed by atoms with Gasteiger partial charge in [0.15, 0.2) is 0 Å². The number of alkyl halides is 5. The summed E-state index contributed by atoms with van der Waals surface area (Å²) in [6.45, 7) is 0. The van der Waals surface area contributed by atoms with Crippen LogP contribution in [-0.4, -0.2) is 11.3 Å². The van der Waals surface area contributed by atoms with E-state index in [2.05, 4.69) is 0 Å². The third-order valence-corrected chi connectivity index (χ3v) is 0.767. The fourth-order valence-electron chi connectivity index (χ4n) is 0. The SMILES string of the molecule is F[C@@H](Br)C(F)(F)F. The second-order valence-electron chi connectivity index (χ2n) is 0.842. The van der Waals surface area contributed by atoms with E-state index >= 15 is 0 Å². The Morgan fingerprint density at radius 3 is 1.43 bits per heavy atom. The Hall–Kier alpha value is 0.200. The van der Waals surface area contributed by atoms with Crippen LogP contribution < -0.4 is 0 Å². The Kier molecular flexibility index (Phi) is 2.04. The van der Waals surface area contributed by atoms with Crippen LogP contribution >= 0.6 is 15.9 Å². The summed E-state index contributed by atoms with van der Waals surface area (Å²) in [6.07, 6.45) is -4.75. The molecular weight excluding hydrogens is 180 g/mol. The molecule has 0 aromatic carbocycles. The van der Waals surface area contributed by atoms with E-state index in [-0.39, 0.29) is 0 Å². The maximum Gasteiger partial charge on any atom is 0.429 e. The van der Waals surface area contributed by atoms with Gasteiger partial charge in [-0.3, -0.25) is 0 Å². The Balaban J connectivity index is 3.54. The molecule has 0 bridgehead atoms. The number of halogens is 5. The summed E-state index contributed by atoms with van der Waals surface area (Å²) in [6, 6.07) is 0. The first-order valence-corrected chi connectivity index (χ1v) is 2.21. The molecule has 0 spiro atoms. The summed E-state index contributed by atoms with van der Waals surface area (Å²) in [7, 11) is 0. The lowest BCUT2D eigenvalue weighted by Crippen LogP contribution is -2.17. The summed E-state index contributed by atoms with van der Waals surface area (Å²) < 4.78 is 43.3. The largest absolute Gasteiger partial charge is 0.429 e. The van der Waals surface area contributed by atoms with E-state index in [0.717, 1.165) is 0 Å². The van der Waals surface area contributed by atoms with Crippen LogP contribution in [0.1, 0.15) is 0 Å². The molecule has 5 heteroatoms. The molecule has 0 aromatic rings. The second-order valence-corrected chi connectivity index (χ2v) is 1.65. The molecule has 0 rings (SSSR count). The van der Waals surface area contributed by atoms with Crippen molar-refractivity contribution in [2.24, 2.45) is 0 Å². The molecule has 0 aliphatic carbocycles. The summed E-state index contributed by atoms with van der Waals surface area (Å²) in [5, 5.41) is -2.89. The smallest absolute Gasteiger partial charge is 0.225 e. The van der Waals surface area contributed by atoms with E-state index in [0.29, 0.717) is 0 Å². The maximum absolute atomic E-state index is 11.0. The average molecular weight is 181 g/mol. The first-order chi connectivity index (χ1) is 2.94. The van der Waals surface area contributed by atoms with Crippen molar-refractivity contribution in [3.8, 4) is 0 Å². The van der Waals surface area contributed by atoms with E-state index in [4.69, 9.17) is 0 Å². The van der Waals surface area contributed by atoms with Crippen LogP contribution in [0.4, 0.5) is 17.6 Å². The standard InChI is InChI=1S/C2HBrF4/c3-1(4)2(5,6)7/h1H/t1-/m1/s1. The topological polar surface area (TPSA) is 0 Å². The Bertz CT molecular complexity index is 55.2. The van der Waals surface area contributed by atoms with E-state index in [1.54, 1.807) is 15.9 Å². The van der Waals surface area contributed by atoms with Crippen LogP contribution in [0.3, 0.4) is 0 Å². The van der Waals surface area contributed by atoms with Crippen LogP contribution in [0.5, 0.6) is 0 Å². The quantitative estimate of drug-likeness (QED) is 0.397. The van der Waals surface area contributed by atoms with Gasteiger partial charge in [0.2, 0.25) is 5.08 Å². The van der Waals surface area contributed by atoms with E-state index < -0.39 is 11.3 Å². The fourth-order valence-corrected chi connectivity index (χ4v) is 0. The molecule has 0 heterocycles. The zero-order valence-electron chi connectivity index (χ0n) is 2.97. The lowest BCUT2D eigenvalue weighted by Gasteiger charge is -2.02. The monoisotopic (exact) mass is 180 g/mol.